The largest absolute Gasteiger partial charge is 0.492 e. The zero-order valence-electron chi connectivity index (χ0n) is 11.6. The molecule has 0 aliphatic heterocycles. The molecule has 0 saturated heterocycles. The van der Waals surface area contributed by atoms with Gasteiger partial charge in [0.15, 0.2) is 0 Å². The highest BCUT2D eigenvalue weighted by atomic mass is 35.5. The Morgan fingerprint density at radius 3 is 2.68 bits per heavy atom. The van der Waals surface area contributed by atoms with Gasteiger partial charge in [0.1, 0.15) is 5.75 Å². The van der Waals surface area contributed by atoms with Gasteiger partial charge in [0.2, 0.25) is 5.91 Å². The van der Waals surface area contributed by atoms with Crippen LogP contribution in [0.1, 0.15) is 33.6 Å². The highest BCUT2D eigenvalue weighted by molar-refractivity contribution is 6.32. The Morgan fingerprint density at radius 2 is 2.16 bits per heavy atom. The highest BCUT2D eigenvalue weighted by Gasteiger charge is 2.25. The van der Waals surface area contributed by atoms with Crippen molar-refractivity contribution in [2.45, 2.75) is 39.2 Å². The Labute approximate surface area is 119 Å². The molecule has 3 N–H and O–H groups in total. The molecule has 19 heavy (non-hydrogen) atoms. The summed E-state index contributed by atoms with van der Waals surface area (Å²) < 4.78 is 5.47. The number of benzene rings is 1. The molecule has 5 heteroatoms. The standard InChI is InChI=1S/C14H21ClN2O2/c1-4-8-19-12-7-6-10(9-11(12)15)17-13(18)14(3,16)5-2/h6-7,9H,4-5,8,16H2,1-3H3,(H,17,18). The third kappa shape index (κ3) is 4.40. The summed E-state index contributed by atoms with van der Waals surface area (Å²) in [6.07, 6.45) is 1.47. The number of halogens is 1. The van der Waals surface area contributed by atoms with Crippen molar-refractivity contribution < 1.29 is 9.53 Å². The van der Waals surface area contributed by atoms with Gasteiger partial charge < -0.3 is 15.8 Å². The van der Waals surface area contributed by atoms with Gasteiger partial charge in [-0.05, 0) is 38.0 Å². The molecule has 106 valence electrons. The van der Waals surface area contributed by atoms with Crippen LogP contribution in [0.3, 0.4) is 0 Å². The van der Waals surface area contributed by atoms with Crippen LogP contribution in [0.2, 0.25) is 5.02 Å². The molecular formula is C14H21ClN2O2. The summed E-state index contributed by atoms with van der Waals surface area (Å²) in [5, 5.41) is 3.23. The molecule has 1 rings (SSSR count). The maximum atomic E-state index is 11.9. The monoisotopic (exact) mass is 284 g/mol. The Bertz CT molecular complexity index is 447. The van der Waals surface area contributed by atoms with Gasteiger partial charge in [-0.2, -0.15) is 0 Å². The number of carbonyl (C=O) groups is 1. The fourth-order valence-corrected chi connectivity index (χ4v) is 1.58. The predicted octanol–water partition coefficient (Wildman–Crippen LogP) is 3.19. The first-order valence-electron chi connectivity index (χ1n) is 6.43. The molecule has 0 spiro atoms. The summed E-state index contributed by atoms with van der Waals surface area (Å²) in [6, 6.07) is 5.16. The zero-order chi connectivity index (χ0) is 14.5. The van der Waals surface area contributed by atoms with Crippen LogP contribution in [0.15, 0.2) is 18.2 Å². The van der Waals surface area contributed by atoms with Gasteiger partial charge in [-0.3, -0.25) is 4.79 Å². The fourth-order valence-electron chi connectivity index (χ4n) is 1.34. The summed E-state index contributed by atoms with van der Waals surface area (Å²) in [5.41, 5.74) is 5.60. The van der Waals surface area contributed by atoms with Crippen molar-refractivity contribution in [1.29, 1.82) is 0 Å². The van der Waals surface area contributed by atoms with Gasteiger partial charge in [-0.15, -0.1) is 0 Å². The van der Waals surface area contributed by atoms with Crippen LogP contribution in [0.4, 0.5) is 5.69 Å². The van der Waals surface area contributed by atoms with Crippen LogP contribution >= 0.6 is 11.6 Å². The summed E-state index contributed by atoms with van der Waals surface area (Å²) in [4.78, 5) is 11.9. The maximum Gasteiger partial charge on any atom is 0.244 e. The van der Waals surface area contributed by atoms with Crippen LogP contribution in [0.25, 0.3) is 0 Å². The minimum absolute atomic E-state index is 0.228. The Morgan fingerprint density at radius 1 is 1.47 bits per heavy atom. The summed E-state index contributed by atoms with van der Waals surface area (Å²) in [6.45, 7) is 6.20. The normalized spacial score (nSPS) is 13.7. The molecule has 0 radical (unpaired) electrons. The summed E-state index contributed by atoms with van der Waals surface area (Å²) in [7, 11) is 0. The number of nitrogens with two attached hydrogens (primary N) is 1. The average Bonchev–Trinajstić information content (AvgIpc) is 2.37. The highest BCUT2D eigenvalue weighted by Crippen LogP contribution is 2.28. The Kier molecular flexibility index (Phi) is 5.63. The van der Waals surface area contributed by atoms with Gasteiger partial charge in [-0.1, -0.05) is 25.4 Å². The quantitative estimate of drug-likeness (QED) is 0.843. The first-order valence-corrected chi connectivity index (χ1v) is 6.81. The number of hydrogen-bond acceptors (Lipinski definition) is 3. The van der Waals surface area contributed by atoms with Gasteiger partial charge >= 0.3 is 0 Å². The van der Waals surface area contributed by atoms with E-state index in [0.29, 0.717) is 29.5 Å². The zero-order valence-corrected chi connectivity index (χ0v) is 12.4. The topological polar surface area (TPSA) is 64.3 Å². The molecule has 4 nitrogen and oxygen atoms in total. The van der Waals surface area contributed by atoms with Crippen LogP contribution < -0.4 is 15.8 Å². The van der Waals surface area contributed by atoms with E-state index in [-0.39, 0.29) is 5.91 Å². The van der Waals surface area contributed by atoms with Crippen molar-refractivity contribution in [3.05, 3.63) is 23.2 Å². The van der Waals surface area contributed by atoms with E-state index < -0.39 is 5.54 Å². The molecule has 1 aromatic rings. The maximum absolute atomic E-state index is 11.9. The third-order valence-electron chi connectivity index (χ3n) is 2.90. The van der Waals surface area contributed by atoms with Gasteiger partial charge in [0.05, 0.1) is 17.2 Å². The van der Waals surface area contributed by atoms with E-state index in [1.54, 1.807) is 25.1 Å². The van der Waals surface area contributed by atoms with Crippen LogP contribution in [-0.4, -0.2) is 18.1 Å². The first kappa shape index (κ1) is 15.8. The molecule has 1 aromatic carbocycles. The summed E-state index contributed by atoms with van der Waals surface area (Å²) in [5.74, 6) is 0.390. The van der Waals surface area contributed by atoms with Crippen LogP contribution in [-0.2, 0) is 4.79 Å². The van der Waals surface area contributed by atoms with E-state index in [1.807, 2.05) is 13.8 Å². The summed E-state index contributed by atoms with van der Waals surface area (Å²) >= 11 is 6.09. The minimum Gasteiger partial charge on any atom is -0.492 e. The van der Waals surface area contributed by atoms with E-state index >= 15 is 0 Å². The van der Waals surface area contributed by atoms with Gasteiger partial charge in [0, 0.05) is 5.69 Å². The number of hydrogen-bond donors (Lipinski definition) is 2. The molecule has 0 saturated carbocycles. The molecule has 1 atom stereocenters. The van der Waals surface area contributed by atoms with E-state index in [2.05, 4.69) is 5.32 Å². The van der Waals surface area contributed by atoms with Crippen LogP contribution in [0, 0.1) is 0 Å². The molecule has 1 unspecified atom stereocenters. The van der Waals surface area contributed by atoms with E-state index in [0.717, 1.165) is 6.42 Å². The lowest BCUT2D eigenvalue weighted by Crippen LogP contribution is -2.47. The van der Waals surface area contributed by atoms with Gasteiger partial charge in [-0.25, -0.2) is 0 Å². The first-order chi connectivity index (χ1) is 8.90. The number of nitrogens with one attached hydrogen (secondary N) is 1. The molecule has 0 aliphatic carbocycles. The lowest BCUT2D eigenvalue weighted by atomic mass is 9.99. The lowest BCUT2D eigenvalue weighted by Gasteiger charge is -2.21. The lowest BCUT2D eigenvalue weighted by molar-refractivity contribution is -0.120. The SMILES string of the molecule is CCCOc1ccc(NC(=O)C(C)(N)CC)cc1Cl. The second kappa shape index (κ2) is 6.78. The van der Waals surface area contributed by atoms with E-state index in [4.69, 9.17) is 22.1 Å². The smallest absolute Gasteiger partial charge is 0.244 e. The van der Waals surface area contributed by atoms with Crippen molar-refractivity contribution in [1.82, 2.24) is 0 Å². The van der Waals surface area contributed by atoms with Gasteiger partial charge in [0.25, 0.3) is 0 Å². The number of ether oxygens (including phenoxy) is 1. The second-order valence-electron chi connectivity index (χ2n) is 4.72. The molecule has 0 aromatic heterocycles. The van der Waals surface area contributed by atoms with Crippen molar-refractivity contribution in [2.24, 2.45) is 5.73 Å². The molecule has 1 amide bonds. The Balaban J connectivity index is 2.76. The molecule has 0 aliphatic rings. The minimum atomic E-state index is -0.885. The Hall–Kier alpha value is -1.26. The molecular weight excluding hydrogens is 264 g/mol. The number of carbonyl (C=O) groups excluding carboxylic acids is 1. The van der Waals surface area contributed by atoms with Crippen molar-refractivity contribution in [2.75, 3.05) is 11.9 Å². The van der Waals surface area contributed by atoms with Crippen molar-refractivity contribution in [3.8, 4) is 5.75 Å². The predicted molar refractivity (Wildman–Crippen MR) is 78.8 cm³/mol. The molecule has 0 heterocycles. The number of amides is 1. The van der Waals surface area contributed by atoms with E-state index in [1.165, 1.54) is 0 Å². The van der Waals surface area contributed by atoms with Crippen molar-refractivity contribution >= 4 is 23.2 Å². The molecule has 0 fully saturated rings. The third-order valence-corrected chi connectivity index (χ3v) is 3.20. The van der Waals surface area contributed by atoms with Crippen molar-refractivity contribution in [3.63, 3.8) is 0 Å². The fraction of sp³-hybridized carbons (Fsp3) is 0.500. The number of rotatable bonds is 6. The average molecular weight is 285 g/mol. The number of anilines is 1. The van der Waals surface area contributed by atoms with E-state index in [9.17, 15) is 4.79 Å². The second-order valence-corrected chi connectivity index (χ2v) is 5.13. The van der Waals surface area contributed by atoms with Crippen LogP contribution in [0.5, 0.6) is 5.75 Å². The molecule has 0 bridgehead atoms.